The maximum absolute atomic E-state index is 13.6. The van der Waals surface area contributed by atoms with Crippen LogP contribution in [-0.4, -0.2) is 10.2 Å². The minimum absolute atomic E-state index is 0.0487. The lowest BCUT2D eigenvalue weighted by atomic mass is 9.77. The van der Waals surface area contributed by atoms with Crippen molar-refractivity contribution in [3.8, 4) is 0 Å². The first-order valence-corrected chi connectivity index (χ1v) is 7.03. The van der Waals surface area contributed by atoms with Gasteiger partial charge in [0.05, 0.1) is 11.9 Å². The molecule has 0 N–H and O–H groups in total. The lowest BCUT2D eigenvalue weighted by molar-refractivity contribution is 0.376. The number of rotatable bonds is 7. The molecule has 1 aromatic rings. The lowest BCUT2D eigenvalue weighted by Crippen LogP contribution is -2.25. The molecule has 1 aromatic heterocycles. The van der Waals surface area contributed by atoms with Gasteiger partial charge in [-0.15, -0.1) is 0 Å². The van der Waals surface area contributed by atoms with Gasteiger partial charge in [0.1, 0.15) is 5.82 Å². The summed E-state index contributed by atoms with van der Waals surface area (Å²) in [6.45, 7) is 8.34. The van der Waals surface area contributed by atoms with Crippen molar-refractivity contribution in [2.45, 2.75) is 71.6 Å². The van der Waals surface area contributed by atoms with Crippen molar-refractivity contribution in [2.24, 2.45) is 0 Å². The SMILES string of the molecule is CCCCCCC(C)(CC)c1nncc(F)c1C. The molecule has 0 aliphatic carbocycles. The fraction of sp³-hybridized carbons (Fsp3) is 0.733. The largest absolute Gasteiger partial charge is 0.205 e. The maximum Gasteiger partial charge on any atom is 0.148 e. The monoisotopic (exact) mass is 252 g/mol. The van der Waals surface area contributed by atoms with E-state index in [1.54, 1.807) is 6.92 Å². The Morgan fingerprint density at radius 1 is 1.22 bits per heavy atom. The van der Waals surface area contributed by atoms with Crippen molar-refractivity contribution < 1.29 is 4.39 Å². The number of aromatic nitrogens is 2. The van der Waals surface area contributed by atoms with Gasteiger partial charge in [-0.05, 0) is 19.8 Å². The van der Waals surface area contributed by atoms with Gasteiger partial charge in [-0.3, -0.25) is 0 Å². The van der Waals surface area contributed by atoms with E-state index in [-0.39, 0.29) is 11.2 Å². The maximum atomic E-state index is 13.6. The summed E-state index contributed by atoms with van der Waals surface area (Å²) in [5, 5.41) is 7.97. The molecule has 18 heavy (non-hydrogen) atoms. The highest BCUT2D eigenvalue weighted by atomic mass is 19.1. The van der Waals surface area contributed by atoms with Crippen LogP contribution in [0.3, 0.4) is 0 Å². The third-order valence-corrected chi connectivity index (χ3v) is 3.98. The molecule has 0 amide bonds. The fourth-order valence-corrected chi connectivity index (χ4v) is 2.40. The molecule has 0 saturated heterocycles. The van der Waals surface area contributed by atoms with Gasteiger partial charge in [0.2, 0.25) is 0 Å². The van der Waals surface area contributed by atoms with Gasteiger partial charge in [-0.25, -0.2) is 4.39 Å². The second kappa shape index (κ2) is 6.81. The smallest absolute Gasteiger partial charge is 0.148 e. The Balaban J connectivity index is 2.82. The van der Waals surface area contributed by atoms with Crippen molar-refractivity contribution in [1.29, 1.82) is 0 Å². The Morgan fingerprint density at radius 3 is 2.56 bits per heavy atom. The highest BCUT2D eigenvalue weighted by Gasteiger charge is 2.28. The third kappa shape index (κ3) is 3.50. The normalized spacial score (nSPS) is 14.5. The Morgan fingerprint density at radius 2 is 1.94 bits per heavy atom. The molecule has 0 spiro atoms. The van der Waals surface area contributed by atoms with Crippen LogP contribution in [-0.2, 0) is 5.41 Å². The third-order valence-electron chi connectivity index (χ3n) is 3.98. The van der Waals surface area contributed by atoms with Crippen LogP contribution >= 0.6 is 0 Å². The van der Waals surface area contributed by atoms with Crippen LogP contribution in [0.25, 0.3) is 0 Å². The molecular formula is C15H25FN2. The van der Waals surface area contributed by atoms with Crippen LogP contribution in [0.15, 0.2) is 6.20 Å². The molecule has 1 unspecified atom stereocenters. The van der Waals surface area contributed by atoms with E-state index in [1.807, 2.05) is 0 Å². The Kier molecular flexibility index (Phi) is 5.70. The molecule has 3 heteroatoms. The first-order chi connectivity index (χ1) is 8.55. The Bertz CT molecular complexity index is 379. The van der Waals surface area contributed by atoms with Gasteiger partial charge < -0.3 is 0 Å². The summed E-state index contributed by atoms with van der Waals surface area (Å²) in [5.41, 5.74) is 1.44. The minimum Gasteiger partial charge on any atom is -0.205 e. The van der Waals surface area contributed by atoms with Crippen molar-refractivity contribution in [1.82, 2.24) is 10.2 Å². The van der Waals surface area contributed by atoms with Crippen LogP contribution in [0, 0.1) is 12.7 Å². The molecule has 102 valence electrons. The minimum atomic E-state index is -0.242. The molecule has 0 fully saturated rings. The summed E-state index contributed by atoms with van der Waals surface area (Å²) in [5.74, 6) is -0.242. The van der Waals surface area contributed by atoms with E-state index < -0.39 is 0 Å². The molecular weight excluding hydrogens is 227 g/mol. The first kappa shape index (κ1) is 15.1. The van der Waals surface area contributed by atoms with Crippen molar-refractivity contribution in [2.75, 3.05) is 0 Å². The highest BCUT2D eigenvalue weighted by molar-refractivity contribution is 5.25. The second-order valence-corrected chi connectivity index (χ2v) is 5.39. The Hall–Kier alpha value is -0.990. The molecule has 0 aromatic carbocycles. The zero-order chi connectivity index (χ0) is 13.6. The summed E-state index contributed by atoms with van der Waals surface area (Å²) in [6.07, 6.45) is 8.16. The van der Waals surface area contributed by atoms with Crippen LogP contribution in [0.1, 0.15) is 70.6 Å². The molecule has 1 rings (SSSR count). The average Bonchev–Trinajstić information content (AvgIpc) is 2.37. The molecule has 0 bridgehead atoms. The summed E-state index contributed by atoms with van der Waals surface area (Å²) in [7, 11) is 0. The van der Waals surface area contributed by atoms with Crippen LogP contribution in [0.4, 0.5) is 4.39 Å². The quantitative estimate of drug-likeness (QED) is 0.665. The van der Waals surface area contributed by atoms with Crippen molar-refractivity contribution in [3.63, 3.8) is 0 Å². The first-order valence-electron chi connectivity index (χ1n) is 7.03. The van der Waals surface area contributed by atoms with E-state index in [1.165, 1.54) is 31.9 Å². The predicted molar refractivity (Wildman–Crippen MR) is 73.1 cm³/mol. The number of halogens is 1. The van der Waals surface area contributed by atoms with E-state index in [9.17, 15) is 4.39 Å². The van der Waals surface area contributed by atoms with Crippen LogP contribution < -0.4 is 0 Å². The fourth-order valence-electron chi connectivity index (χ4n) is 2.40. The number of hydrogen-bond donors (Lipinski definition) is 0. The van der Waals surface area contributed by atoms with E-state index in [0.29, 0.717) is 5.56 Å². The standard InChI is InChI=1S/C15H25FN2/c1-5-7-8-9-10-15(4,6-2)14-12(3)13(16)11-17-18-14/h11H,5-10H2,1-4H3. The predicted octanol–water partition coefficient (Wildman–Crippen LogP) is 4.56. The molecule has 0 aliphatic heterocycles. The van der Waals surface area contributed by atoms with Gasteiger partial charge in [-0.2, -0.15) is 10.2 Å². The van der Waals surface area contributed by atoms with Crippen LogP contribution in [0.5, 0.6) is 0 Å². The van der Waals surface area contributed by atoms with Gasteiger partial charge >= 0.3 is 0 Å². The number of nitrogens with zero attached hydrogens (tertiary/aromatic N) is 2. The average molecular weight is 252 g/mol. The van der Waals surface area contributed by atoms with E-state index in [2.05, 4.69) is 31.0 Å². The second-order valence-electron chi connectivity index (χ2n) is 5.39. The van der Waals surface area contributed by atoms with Gasteiger partial charge in [0.15, 0.2) is 0 Å². The summed E-state index contributed by atoms with van der Waals surface area (Å²) < 4.78 is 13.6. The molecule has 0 radical (unpaired) electrons. The topological polar surface area (TPSA) is 25.8 Å². The summed E-state index contributed by atoms with van der Waals surface area (Å²) in [4.78, 5) is 0. The molecule has 1 atom stereocenters. The van der Waals surface area contributed by atoms with E-state index >= 15 is 0 Å². The molecule has 0 saturated carbocycles. The summed E-state index contributed by atoms with van der Waals surface area (Å²) >= 11 is 0. The van der Waals surface area contributed by atoms with Gasteiger partial charge in [0, 0.05) is 11.0 Å². The van der Waals surface area contributed by atoms with Crippen molar-refractivity contribution >= 4 is 0 Å². The summed E-state index contributed by atoms with van der Waals surface area (Å²) in [6, 6.07) is 0. The zero-order valence-corrected chi connectivity index (χ0v) is 12.1. The van der Waals surface area contributed by atoms with Crippen molar-refractivity contribution in [3.05, 3.63) is 23.3 Å². The van der Waals surface area contributed by atoms with E-state index in [0.717, 1.165) is 18.5 Å². The van der Waals surface area contributed by atoms with Crippen LogP contribution in [0.2, 0.25) is 0 Å². The lowest BCUT2D eigenvalue weighted by Gasteiger charge is -2.28. The molecule has 1 heterocycles. The molecule has 0 aliphatic rings. The van der Waals surface area contributed by atoms with Gasteiger partial charge in [0.25, 0.3) is 0 Å². The Labute approximate surface area is 110 Å². The molecule has 2 nitrogen and oxygen atoms in total. The van der Waals surface area contributed by atoms with Gasteiger partial charge in [-0.1, -0.05) is 46.5 Å². The van der Waals surface area contributed by atoms with E-state index in [4.69, 9.17) is 0 Å². The number of unbranched alkanes of at least 4 members (excludes halogenated alkanes) is 3. The zero-order valence-electron chi connectivity index (χ0n) is 12.1. The number of hydrogen-bond acceptors (Lipinski definition) is 2. The highest BCUT2D eigenvalue weighted by Crippen LogP contribution is 2.34.